The van der Waals surface area contributed by atoms with Crippen LogP contribution in [0.25, 0.3) is 4.98 Å². The number of hydrogen-bond acceptors (Lipinski definition) is 3. The van der Waals surface area contributed by atoms with Gasteiger partial charge in [0.2, 0.25) is 5.39 Å². The highest BCUT2D eigenvalue weighted by Crippen LogP contribution is 2.28. The van der Waals surface area contributed by atoms with Crippen molar-refractivity contribution in [3.8, 4) is 0 Å². The van der Waals surface area contributed by atoms with Gasteiger partial charge in [-0.2, -0.15) is 0 Å². The largest absolute Gasteiger partial charge is 0.452 e. The van der Waals surface area contributed by atoms with Crippen molar-refractivity contribution in [2.24, 2.45) is 0 Å². The average molecular weight is 218 g/mol. The number of rotatable bonds is 3. The van der Waals surface area contributed by atoms with E-state index < -0.39 is 6.09 Å². The summed E-state index contributed by atoms with van der Waals surface area (Å²) in [6.45, 7) is 3.83. The van der Waals surface area contributed by atoms with Gasteiger partial charge < -0.3 is 4.74 Å². The van der Waals surface area contributed by atoms with Gasteiger partial charge in [-0.3, -0.25) is 4.90 Å². The molecule has 0 spiro atoms. The minimum atomic E-state index is -0.531. The van der Waals surface area contributed by atoms with Crippen molar-refractivity contribution in [1.29, 1.82) is 5.39 Å². The normalized spacial score (nSPS) is 9.00. The highest BCUT2D eigenvalue weighted by Gasteiger charge is 2.23. The quantitative estimate of drug-likeness (QED) is 0.579. The van der Waals surface area contributed by atoms with Crippen molar-refractivity contribution in [1.82, 2.24) is 0 Å². The molecule has 0 atom stereocenters. The minimum Gasteiger partial charge on any atom is -0.452 e. The van der Waals surface area contributed by atoms with Crippen molar-refractivity contribution < 1.29 is 9.53 Å². The van der Waals surface area contributed by atoms with E-state index in [4.69, 9.17) is 5.39 Å². The van der Waals surface area contributed by atoms with Crippen LogP contribution in [0.3, 0.4) is 0 Å². The van der Waals surface area contributed by atoms with Crippen LogP contribution in [0.1, 0.15) is 0 Å². The average Bonchev–Trinajstić information content (AvgIpc) is 2.35. The number of methoxy groups -OCH3 is 1. The third-order valence-corrected chi connectivity index (χ3v) is 1.99. The molecule has 0 fully saturated rings. The zero-order valence-corrected chi connectivity index (χ0v) is 8.96. The molecule has 0 saturated heterocycles. The molecular formula is C11H12N3O2+. The summed E-state index contributed by atoms with van der Waals surface area (Å²) in [5.41, 5.74) is 0.770. The van der Waals surface area contributed by atoms with E-state index in [1.807, 2.05) is 0 Å². The molecule has 0 saturated carbocycles. The van der Waals surface area contributed by atoms with Gasteiger partial charge in [-0.15, -0.1) is 6.58 Å². The summed E-state index contributed by atoms with van der Waals surface area (Å²) in [6.07, 6.45) is 1.03. The molecular weight excluding hydrogens is 206 g/mol. The molecule has 16 heavy (non-hydrogen) atoms. The maximum Gasteiger partial charge on any atom is 0.414 e. The first-order valence-electron chi connectivity index (χ1n) is 4.65. The molecule has 0 heterocycles. The number of ether oxygens (including phenoxy) is 1. The lowest BCUT2D eigenvalue weighted by Gasteiger charge is -2.17. The Morgan fingerprint density at radius 2 is 2.31 bits per heavy atom. The number of amides is 1. The van der Waals surface area contributed by atoms with Crippen LogP contribution in [0.4, 0.5) is 16.2 Å². The fraction of sp³-hybridized carbons (Fsp3) is 0.182. The molecule has 82 valence electrons. The first-order chi connectivity index (χ1) is 7.74. The van der Waals surface area contributed by atoms with Crippen molar-refractivity contribution in [3.63, 3.8) is 0 Å². The lowest BCUT2D eigenvalue weighted by atomic mass is 10.2. The Balaban J connectivity index is 3.15. The Bertz CT molecular complexity index is 437. The Labute approximate surface area is 93.6 Å². The van der Waals surface area contributed by atoms with Crippen molar-refractivity contribution in [3.05, 3.63) is 41.9 Å². The van der Waals surface area contributed by atoms with Gasteiger partial charge in [0.25, 0.3) is 0 Å². The van der Waals surface area contributed by atoms with E-state index in [9.17, 15) is 4.79 Å². The summed E-state index contributed by atoms with van der Waals surface area (Å²) in [7, 11) is 1.29. The van der Waals surface area contributed by atoms with E-state index in [2.05, 4.69) is 16.3 Å². The number of diazo groups is 1. The first kappa shape index (κ1) is 11.7. The van der Waals surface area contributed by atoms with Crippen LogP contribution in [0.2, 0.25) is 0 Å². The van der Waals surface area contributed by atoms with Crippen molar-refractivity contribution in [2.75, 3.05) is 18.6 Å². The molecule has 5 nitrogen and oxygen atoms in total. The molecule has 0 aromatic heterocycles. The Hall–Kier alpha value is -2.35. The minimum absolute atomic E-state index is 0.277. The standard InChI is InChI=1S/C11H12N3O2/c1-3-8-14(11(15)16-2)10-7-5-4-6-9(10)13-12/h3-7H,1,8H2,2H3/q+1. The van der Waals surface area contributed by atoms with Crippen LogP contribution in [0, 0.1) is 5.39 Å². The number of nitrogens with zero attached hydrogens (tertiary/aromatic N) is 3. The molecule has 1 aromatic carbocycles. The van der Waals surface area contributed by atoms with Crippen LogP contribution in [-0.4, -0.2) is 19.7 Å². The van der Waals surface area contributed by atoms with E-state index in [-0.39, 0.29) is 6.54 Å². The second-order valence-electron chi connectivity index (χ2n) is 2.96. The van der Waals surface area contributed by atoms with Gasteiger partial charge >= 0.3 is 11.8 Å². The van der Waals surface area contributed by atoms with Crippen molar-refractivity contribution in [2.45, 2.75) is 0 Å². The van der Waals surface area contributed by atoms with Crippen LogP contribution < -0.4 is 4.90 Å². The number of para-hydroxylation sites is 1. The number of anilines is 1. The monoisotopic (exact) mass is 218 g/mol. The number of benzene rings is 1. The fourth-order valence-electron chi connectivity index (χ4n) is 1.29. The van der Waals surface area contributed by atoms with Crippen LogP contribution in [0.15, 0.2) is 36.9 Å². The molecule has 1 aromatic rings. The van der Waals surface area contributed by atoms with Crippen molar-refractivity contribution >= 4 is 17.5 Å². The first-order valence-corrected chi connectivity index (χ1v) is 4.65. The third-order valence-electron chi connectivity index (χ3n) is 1.99. The highest BCUT2D eigenvalue weighted by atomic mass is 16.5. The molecule has 0 aliphatic heterocycles. The van der Waals surface area contributed by atoms with Gasteiger partial charge in [0, 0.05) is 12.6 Å². The fourth-order valence-corrected chi connectivity index (χ4v) is 1.29. The van der Waals surface area contributed by atoms with Gasteiger partial charge in [-0.25, -0.2) is 4.79 Å². The van der Waals surface area contributed by atoms with Gasteiger partial charge in [-0.1, -0.05) is 18.2 Å². The number of carbonyl (C=O) groups excluding carboxylic acids is 1. The van der Waals surface area contributed by atoms with Gasteiger partial charge in [-0.05, 0) is 6.07 Å². The predicted molar refractivity (Wildman–Crippen MR) is 61.1 cm³/mol. The molecule has 1 amide bonds. The SMILES string of the molecule is C=CCN(C(=O)OC)c1ccccc1[N+]#N. The molecule has 0 aliphatic carbocycles. The second kappa shape index (κ2) is 5.51. The maximum absolute atomic E-state index is 11.5. The Kier molecular flexibility index (Phi) is 4.04. The zero-order valence-electron chi connectivity index (χ0n) is 8.96. The summed E-state index contributed by atoms with van der Waals surface area (Å²) in [5, 5.41) is 8.81. The lowest BCUT2D eigenvalue weighted by Crippen LogP contribution is -2.30. The number of carbonyl (C=O) groups is 1. The molecule has 0 radical (unpaired) electrons. The topological polar surface area (TPSA) is 57.7 Å². The van der Waals surface area contributed by atoms with Crippen LogP contribution >= 0.6 is 0 Å². The van der Waals surface area contributed by atoms with E-state index in [0.717, 1.165) is 0 Å². The smallest absolute Gasteiger partial charge is 0.414 e. The zero-order chi connectivity index (χ0) is 12.0. The van der Waals surface area contributed by atoms with Crippen LogP contribution in [-0.2, 0) is 4.74 Å². The lowest BCUT2D eigenvalue weighted by molar-refractivity contribution is 0.179. The molecule has 0 unspecified atom stereocenters. The van der Waals surface area contributed by atoms with Crippen LogP contribution in [0.5, 0.6) is 0 Å². The number of hydrogen-bond donors (Lipinski definition) is 0. The Morgan fingerprint density at radius 1 is 1.62 bits per heavy atom. The summed E-state index contributed by atoms with van der Waals surface area (Å²) >= 11 is 0. The summed E-state index contributed by atoms with van der Waals surface area (Å²) in [5.74, 6) is 0. The predicted octanol–water partition coefficient (Wildman–Crippen LogP) is 2.93. The van der Waals surface area contributed by atoms with E-state index in [1.54, 1.807) is 30.3 Å². The van der Waals surface area contributed by atoms with E-state index in [0.29, 0.717) is 11.4 Å². The summed E-state index contributed by atoms with van der Waals surface area (Å²) in [6, 6.07) is 6.70. The maximum atomic E-state index is 11.5. The molecule has 5 heteroatoms. The summed E-state index contributed by atoms with van der Waals surface area (Å²) < 4.78 is 4.63. The summed E-state index contributed by atoms with van der Waals surface area (Å²) in [4.78, 5) is 15.9. The van der Waals surface area contributed by atoms with E-state index >= 15 is 0 Å². The van der Waals surface area contributed by atoms with Gasteiger partial charge in [0.15, 0.2) is 4.98 Å². The second-order valence-corrected chi connectivity index (χ2v) is 2.96. The third kappa shape index (κ3) is 2.36. The van der Waals surface area contributed by atoms with Gasteiger partial charge in [0.1, 0.15) is 5.69 Å². The molecule has 0 bridgehead atoms. The highest BCUT2D eigenvalue weighted by molar-refractivity contribution is 5.92. The Morgan fingerprint density at radius 3 is 2.88 bits per heavy atom. The molecule has 0 N–H and O–H groups in total. The molecule has 0 aliphatic rings. The van der Waals surface area contributed by atoms with E-state index in [1.165, 1.54) is 12.0 Å². The molecule has 1 rings (SSSR count). The van der Waals surface area contributed by atoms with Gasteiger partial charge in [0.05, 0.1) is 7.11 Å².